The summed E-state index contributed by atoms with van der Waals surface area (Å²) in [6.45, 7) is 0. The molecule has 90 valence electrons. The van der Waals surface area contributed by atoms with E-state index in [1.54, 1.807) is 6.20 Å². The fraction of sp³-hybridized carbons (Fsp3) is 0.200. The number of ketones is 1. The van der Waals surface area contributed by atoms with Crippen molar-refractivity contribution in [2.45, 2.75) is 14.8 Å². The summed E-state index contributed by atoms with van der Waals surface area (Å²) < 4.78 is 1.39. The number of pyridine rings is 1. The van der Waals surface area contributed by atoms with Gasteiger partial charge in [-0.15, -0.1) is 0 Å². The number of rotatable bonds is 1. The molecule has 0 unspecified atom stereocenters. The van der Waals surface area contributed by atoms with Gasteiger partial charge in [0.25, 0.3) is 0 Å². The molecule has 0 N–H and O–H groups in total. The van der Waals surface area contributed by atoms with E-state index >= 15 is 0 Å². The van der Waals surface area contributed by atoms with E-state index in [1.807, 2.05) is 12.1 Å². The summed E-state index contributed by atoms with van der Waals surface area (Å²) in [5, 5.41) is 0. The van der Waals surface area contributed by atoms with Gasteiger partial charge in [0.1, 0.15) is 0 Å². The number of carbonyl (C=O) groups excluding carboxylic acids is 1. The Morgan fingerprint density at radius 1 is 1.00 bits per heavy atom. The van der Waals surface area contributed by atoms with Gasteiger partial charge in [0.15, 0.2) is 0 Å². The van der Waals surface area contributed by atoms with Gasteiger partial charge in [-0.25, -0.2) is 0 Å². The van der Waals surface area contributed by atoms with Gasteiger partial charge in [-0.3, -0.25) is 0 Å². The van der Waals surface area contributed by atoms with Crippen molar-refractivity contribution in [3.63, 3.8) is 0 Å². The molecule has 0 amide bonds. The van der Waals surface area contributed by atoms with Crippen LogP contribution in [0.4, 0.5) is 0 Å². The first-order valence-electron chi connectivity index (χ1n) is 6.13. The second kappa shape index (κ2) is 3.92. The maximum atomic E-state index is 12.4. The van der Waals surface area contributed by atoms with E-state index in [2.05, 4.69) is 38.0 Å². The predicted molar refractivity (Wildman–Crippen MR) is 76.1 cm³/mol. The van der Waals surface area contributed by atoms with Gasteiger partial charge in [0.2, 0.25) is 0 Å². The average molecular weight is 344 g/mol. The molecule has 0 aliphatic heterocycles. The van der Waals surface area contributed by atoms with Crippen LogP contribution in [0.3, 0.4) is 0 Å². The third-order valence-electron chi connectivity index (χ3n) is 3.44. The Hall–Kier alpha value is -1.16. The maximum absolute atomic E-state index is 12.4. The summed E-state index contributed by atoms with van der Waals surface area (Å²) in [6, 6.07) is 10.1. The third kappa shape index (κ3) is 1.70. The third-order valence-corrected chi connectivity index (χ3v) is 9.27. The van der Waals surface area contributed by atoms with Crippen LogP contribution in [0.1, 0.15) is 15.9 Å². The van der Waals surface area contributed by atoms with E-state index in [1.165, 1.54) is 3.58 Å². The van der Waals surface area contributed by atoms with Gasteiger partial charge in [-0.2, -0.15) is 0 Å². The number of carbonyl (C=O) groups is 1. The number of hydrogen-bond donors (Lipinski definition) is 0. The molecule has 1 aliphatic rings. The van der Waals surface area contributed by atoms with Crippen molar-refractivity contribution in [1.29, 1.82) is 0 Å². The molecular formula is C15H15NOSn. The molecular weight excluding hydrogens is 329 g/mol. The fourth-order valence-electron chi connectivity index (χ4n) is 2.35. The Labute approximate surface area is 111 Å². The molecule has 0 bridgehead atoms. The van der Waals surface area contributed by atoms with Gasteiger partial charge in [-0.1, -0.05) is 0 Å². The normalized spacial score (nSPS) is 13.4. The summed E-state index contributed by atoms with van der Waals surface area (Å²) in [5.41, 5.74) is 3.42. The van der Waals surface area contributed by atoms with Crippen LogP contribution >= 0.6 is 0 Å². The van der Waals surface area contributed by atoms with Crippen molar-refractivity contribution < 1.29 is 4.79 Å². The molecule has 1 aliphatic carbocycles. The van der Waals surface area contributed by atoms with E-state index < -0.39 is 18.4 Å². The fourth-order valence-corrected chi connectivity index (χ4v) is 5.67. The van der Waals surface area contributed by atoms with Gasteiger partial charge in [0, 0.05) is 0 Å². The molecule has 0 saturated heterocycles. The predicted octanol–water partition coefficient (Wildman–Crippen LogP) is 2.84. The first-order valence-corrected chi connectivity index (χ1v) is 16.1. The molecule has 0 radical (unpaired) electrons. The SMILES string of the molecule is [CH3][Sn]([CH3])([CH3])[c]1ccc2c(c1)C(=O)c1cccnc1-2. The molecule has 0 atom stereocenters. The molecule has 1 aromatic carbocycles. The minimum absolute atomic E-state index is 0.130. The van der Waals surface area contributed by atoms with Gasteiger partial charge in [-0.05, 0) is 0 Å². The topological polar surface area (TPSA) is 30.0 Å². The first-order chi connectivity index (χ1) is 8.48. The molecule has 1 heterocycles. The summed E-state index contributed by atoms with van der Waals surface area (Å²) in [5.74, 6) is 0.130. The van der Waals surface area contributed by atoms with Crippen LogP contribution in [0.15, 0.2) is 36.5 Å². The molecule has 3 rings (SSSR count). The molecule has 0 spiro atoms. The molecule has 1 aromatic heterocycles. The molecule has 0 saturated carbocycles. The van der Waals surface area contributed by atoms with Gasteiger partial charge in [0.05, 0.1) is 0 Å². The van der Waals surface area contributed by atoms with E-state index in [4.69, 9.17) is 0 Å². The molecule has 0 fully saturated rings. The Morgan fingerprint density at radius 3 is 2.50 bits per heavy atom. The minimum atomic E-state index is -2.12. The van der Waals surface area contributed by atoms with Crippen LogP contribution in [0.25, 0.3) is 11.3 Å². The first kappa shape index (κ1) is 11.9. The summed E-state index contributed by atoms with van der Waals surface area (Å²) >= 11 is -2.12. The zero-order chi connectivity index (χ0) is 12.9. The van der Waals surface area contributed by atoms with Gasteiger partial charge < -0.3 is 0 Å². The van der Waals surface area contributed by atoms with E-state index in [0.29, 0.717) is 0 Å². The van der Waals surface area contributed by atoms with Crippen molar-refractivity contribution in [3.05, 3.63) is 47.7 Å². The average Bonchev–Trinajstić information content (AvgIpc) is 2.63. The Bertz CT molecular complexity index is 656. The Balaban J connectivity index is 2.23. The standard InChI is InChI=1S/C12H6NO.3CH3.Sn/c14-12-9-5-2-1-4-8(9)11-10(12)6-3-7-13-11;;;;/h1,3-7H;3*1H3;. The number of nitrogens with zero attached hydrogens (tertiary/aromatic N) is 1. The quantitative estimate of drug-likeness (QED) is 0.636. The number of benzene rings is 1. The van der Waals surface area contributed by atoms with E-state index in [9.17, 15) is 4.79 Å². The van der Waals surface area contributed by atoms with Crippen molar-refractivity contribution in [1.82, 2.24) is 4.98 Å². The summed E-state index contributed by atoms with van der Waals surface area (Å²) in [4.78, 5) is 23.8. The van der Waals surface area contributed by atoms with Crippen molar-refractivity contribution in [3.8, 4) is 11.3 Å². The van der Waals surface area contributed by atoms with Crippen LogP contribution in [-0.2, 0) is 0 Å². The summed E-state index contributed by atoms with van der Waals surface area (Å²) in [6.07, 6.45) is 1.75. The molecule has 2 aromatic rings. The summed E-state index contributed by atoms with van der Waals surface area (Å²) in [7, 11) is 0. The van der Waals surface area contributed by atoms with Crippen molar-refractivity contribution in [2.24, 2.45) is 0 Å². The van der Waals surface area contributed by atoms with Crippen LogP contribution in [0.5, 0.6) is 0 Å². The zero-order valence-corrected chi connectivity index (χ0v) is 13.7. The molecule has 18 heavy (non-hydrogen) atoms. The molecule has 3 heteroatoms. The van der Waals surface area contributed by atoms with Crippen LogP contribution in [-0.4, -0.2) is 29.1 Å². The number of hydrogen-bond acceptors (Lipinski definition) is 2. The van der Waals surface area contributed by atoms with E-state index in [0.717, 1.165) is 22.4 Å². The monoisotopic (exact) mass is 345 g/mol. The number of aromatic nitrogens is 1. The zero-order valence-electron chi connectivity index (χ0n) is 10.8. The second-order valence-corrected chi connectivity index (χ2v) is 20.2. The van der Waals surface area contributed by atoms with Crippen molar-refractivity contribution >= 4 is 27.7 Å². The molecule has 2 nitrogen and oxygen atoms in total. The van der Waals surface area contributed by atoms with E-state index in [-0.39, 0.29) is 5.78 Å². The van der Waals surface area contributed by atoms with Crippen LogP contribution in [0.2, 0.25) is 14.8 Å². The second-order valence-electron chi connectivity index (χ2n) is 5.74. The Kier molecular flexibility index (Phi) is 2.59. The van der Waals surface area contributed by atoms with Crippen LogP contribution < -0.4 is 3.58 Å². The van der Waals surface area contributed by atoms with Crippen molar-refractivity contribution in [2.75, 3.05) is 0 Å². The number of fused-ring (bicyclic) bond motifs is 3. The van der Waals surface area contributed by atoms with Crippen LogP contribution in [0, 0.1) is 0 Å². The Morgan fingerprint density at radius 2 is 1.78 bits per heavy atom. The van der Waals surface area contributed by atoms with Gasteiger partial charge >= 0.3 is 111 Å².